The second-order valence-electron chi connectivity index (χ2n) is 8.80. The molecule has 2 aromatic heterocycles. The van der Waals surface area contributed by atoms with Gasteiger partial charge in [0.25, 0.3) is 5.56 Å². The molecular weight excluding hydrogens is 446 g/mol. The zero-order valence-corrected chi connectivity index (χ0v) is 20.2. The zero-order valence-electron chi connectivity index (χ0n) is 19.4. The van der Waals surface area contributed by atoms with Crippen LogP contribution in [0.15, 0.2) is 58.5 Å². The largest absolute Gasteiger partial charge is 0.349 e. The predicted octanol–water partition coefficient (Wildman–Crippen LogP) is 4.52. The normalized spacial score (nSPS) is 15.5. The number of aryl methyl sites for hydroxylation is 2. The van der Waals surface area contributed by atoms with Crippen LogP contribution in [0, 0.1) is 0 Å². The fourth-order valence-corrected chi connectivity index (χ4v) is 5.57. The van der Waals surface area contributed by atoms with Crippen molar-refractivity contribution in [3.63, 3.8) is 0 Å². The smallest absolute Gasteiger partial charge is 0.262 e. The molecule has 1 unspecified atom stereocenters. The first kappa shape index (κ1) is 22.7. The molecule has 176 valence electrons. The average molecular weight is 476 g/mol. The second-order valence-corrected chi connectivity index (χ2v) is 9.74. The Hall–Kier alpha value is -3.13. The summed E-state index contributed by atoms with van der Waals surface area (Å²) in [6.45, 7) is 2.74. The highest BCUT2D eigenvalue weighted by molar-refractivity contribution is 7.99. The molecule has 0 saturated carbocycles. The van der Waals surface area contributed by atoms with Crippen molar-refractivity contribution in [3.8, 4) is 0 Å². The fraction of sp³-hybridized carbons (Fsp3) is 0.385. The Kier molecular flexibility index (Phi) is 6.67. The lowest BCUT2D eigenvalue weighted by Crippen LogP contribution is -2.32. The number of fused-ring (bicyclic) bond motifs is 4. The topological polar surface area (TPSA) is 81.3 Å². The molecule has 7 nitrogen and oxygen atoms in total. The van der Waals surface area contributed by atoms with Gasteiger partial charge >= 0.3 is 0 Å². The maximum Gasteiger partial charge on any atom is 0.262 e. The Balaban J connectivity index is 1.39. The van der Waals surface area contributed by atoms with Gasteiger partial charge in [0.15, 0.2) is 5.16 Å². The number of carbonyl (C=O) groups is 1. The summed E-state index contributed by atoms with van der Waals surface area (Å²) >= 11 is 1.35. The van der Waals surface area contributed by atoms with Crippen molar-refractivity contribution in [1.82, 2.24) is 24.5 Å². The van der Waals surface area contributed by atoms with Gasteiger partial charge in [0, 0.05) is 6.54 Å². The average Bonchev–Trinajstić information content (AvgIpc) is 3.29. The second kappa shape index (κ2) is 10.0. The van der Waals surface area contributed by atoms with Crippen LogP contribution in [0.3, 0.4) is 0 Å². The highest BCUT2D eigenvalue weighted by atomic mass is 32.2. The van der Waals surface area contributed by atoms with Gasteiger partial charge < -0.3 is 5.32 Å². The first-order valence-corrected chi connectivity index (χ1v) is 13.0. The lowest BCUT2D eigenvalue weighted by atomic mass is 9.88. The third-order valence-electron chi connectivity index (χ3n) is 6.50. The minimum absolute atomic E-state index is 0.0241. The monoisotopic (exact) mass is 475 g/mol. The van der Waals surface area contributed by atoms with E-state index in [1.54, 1.807) is 4.57 Å². The molecule has 0 spiro atoms. The first-order valence-electron chi connectivity index (χ1n) is 12.0. The number of amides is 1. The van der Waals surface area contributed by atoms with Gasteiger partial charge in [-0.3, -0.25) is 18.6 Å². The van der Waals surface area contributed by atoms with Crippen LogP contribution in [0.4, 0.5) is 0 Å². The molecule has 2 aromatic carbocycles. The Labute approximate surface area is 202 Å². The van der Waals surface area contributed by atoms with E-state index in [1.165, 1.54) is 22.9 Å². The number of benzene rings is 2. The fourth-order valence-electron chi connectivity index (χ4n) is 4.82. The number of thioether (sulfide) groups is 1. The number of nitrogens with one attached hydrogen (secondary N) is 1. The minimum atomic E-state index is -0.0446. The number of unbranched alkanes of at least 4 members (excludes halogenated alkanes) is 2. The Bertz CT molecular complexity index is 1390. The van der Waals surface area contributed by atoms with Gasteiger partial charge in [-0.15, -0.1) is 10.2 Å². The molecule has 8 heteroatoms. The predicted molar refractivity (Wildman–Crippen MR) is 135 cm³/mol. The molecule has 1 amide bonds. The third-order valence-corrected chi connectivity index (χ3v) is 7.43. The molecule has 0 aliphatic heterocycles. The summed E-state index contributed by atoms with van der Waals surface area (Å²) in [5.41, 5.74) is 3.27. The van der Waals surface area contributed by atoms with E-state index in [0.29, 0.717) is 22.9 Å². The van der Waals surface area contributed by atoms with Crippen molar-refractivity contribution in [2.24, 2.45) is 0 Å². The standard InChI is InChI=1S/C26H29N5O2S/c1-2-3-8-16-30-24(33)20-13-6-7-15-22(20)31-25(30)28-29-26(31)34-17-23(32)27-21-14-9-11-18-10-4-5-12-19(18)21/h4-7,10,12-13,15,21H,2-3,8-9,11,14,16-17H2,1H3,(H,27,32). The van der Waals surface area contributed by atoms with E-state index in [-0.39, 0.29) is 23.3 Å². The number of aromatic nitrogens is 4. The van der Waals surface area contributed by atoms with Gasteiger partial charge in [-0.2, -0.15) is 0 Å². The van der Waals surface area contributed by atoms with Gasteiger partial charge in [0.05, 0.1) is 22.7 Å². The molecule has 34 heavy (non-hydrogen) atoms. The summed E-state index contributed by atoms with van der Waals surface area (Å²) in [5.74, 6) is 0.746. The lowest BCUT2D eigenvalue weighted by Gasteiger charge is -2.26. The summed E-state index contributed by atoms with van der Waals surface area (Å²) in [6.07, 6.45) is 6.13. The van der Waals surface area contributed by atoms with Crippen molar-refractivity contribution in [2.45, 2.75) is 63.2 Å². The molecule has 0 radical (unpaired) electrons. The van der Waals surface area contributed by atoms with Crippen LogP contribution >= 0.6 is 11.8 Å². The molecule has 1 aliphatic rings. The maximum atomic E-state index is 13.1. The van der Waals surface area contributed by atoms with Crippen LogP contribution in [0.25, 0.3) is 16.7 Å². The van der Waals surface area contributed by atoms with Crippen LogP contribution in [0.5, 0.6) is 0 Å². The van der Waals surface area contributed by atoms with Gasteiger partial charge in [-0.25, -0.2) is 0 Å². The maximum absolute atomic E-state index is 13.1. The number of nitrogens with zero attached hydrogens (tertiary/aromatic N) is 4. The van der Waals surface area contributed by atoms with E-state index in [9.17, 15) is 9.59 Å². The van der Waals surface area contributed by atoms with Gasteiger partial charge in [-0.1, -0.05) is 67.9 Å². The Morgan fingerprint density at radius 3 is 2.82 bits per heavy atom. The molecule has 0 fully saturated rings. The van der Waals surface area contributed by atoms with Crippen LogP contribution in [0.2, 0.25) is 0 Å². The molecule has 5 rings (SSSR count). The summed E-state index contributed by atoms with van der Waals surface area (Å²) in [5, 5.41) is 13.2. The van der Waals surface area contributed by atoms with Crippen LogP contribution in [0.1, 0.15) is 56.2 Å². The van der Waals surface area contributed by atoms with Gasteiger partial charge in [-0.05, 0) is 48.9 Å². The lowest BCUT2D eigenvalue weighted by molar-refractivity contribution is -0.119. The molecule has 2 heterocycles. The van der Waals surface area contributed by atoms with E-state index < -0.39 is 0 Å². The molecule has 0 bridgehead atoms. The highest BCUT2D eigenvalue weighted by Crippen LogP contribution is 2.30. The minimum Gasteiger partial charge on any atom is -0.349 e. The number of para-hydroxylation sites is 1. The van der Waals surface area contributed by atoms with Gasteiger partial charge in [0.2, 0.25) is 11.7 Å². The molecule has 1 N–H and O–H groups in total. The van der Waals surface area contributed by atoms with Crippen molar-refractivity contribution in [1.29, 1.82) is 0 Å². The quantitative estimate of drug-likeness (QED) is 0.299. The van der Waals surface area contributed by atoms with E-state index in [1.807, 2.05) is 34.7 Å². The van der Waals surface area contributed by atoms with E-state index >= 15 is 0 Å². The van der Waals surface area contributed by atoms with Crippen LogP contribution in [-0.4, -0.2) is 30.8 Å². The van der Waals surface area contributed by atoms with E-state index in [0.717, 1.165) is 44.0 Å². The number of hydrogen-bond donors (Lipinski definition) is 1. The molecule has 4 aromatic rings. The summed E-state index contributed by atoms with van der Waals surface area (Å²) < 4.78 is 3.63. The summed E-state index contributed by atoms with van der Waals surface area (Å²) in [6, 6.07) is 15.9. The van der Waals surface area contributed by atoms with E-state index in [4.69, 9.17) is 0 Å². The Morgan fingerprint density at radius 1 is 1.12 bits per heavy atom. The summed E-state index contributed by atoms with van der Waals surface area (Å²) in [4.78, 5) is 26.0. The zero-order chi connectivity index (χ0) is 23.5. The highest BCUT2D eigenvalue weighted by Gasteiger charge is 2.22. The number of carbonyl (C=O) groups excluding carboxylic acids is 1. The Morgan fingerprint density at radius 2 is 1.94 bits per heavy atom. The van der Waals surface area contributed by atoms with Gasteiger partial charge in [0.1, 0.15) is 0 Å². The summed E-state index contributed by atoms with van der Waals surface area (Å²) in [7, 11) is 0. The van der Waals surface area contributed by atoms with E-state index in [2.05, 4.69) is 40.6 Å². The van der Waals surface area contributed by atoms with Crippen molar-refractivity contribution in [3.05, 3.63) is 70.0 Å². The first-order chi connectivity index (χ1) is 16.7. The number of rotatable bonds is 8. The number of hydrogen-bond acceptors (Lipinski definition) is 5. The van der Waals surface area contributed by atoms with Crippen molar-refractivity contribution >= 4 is 34.3 Å². The molecule has 0 saturated heterocycles. The van der Waals surface area contributed by atoms with Crippen LogP contribution in [-0.2, 0) is 17.8 Å². The van der Waals surface area contributed by atoms with Crippen LogP contribution < -0.4 is 10.9 Å². The van der Waals surface area contributed by atoms with Crippen molar-refractivity contribution < 1.29 is 4.79 Å². The molecular formula is C26H29N5O2S. The third kappa shape index (κ3) is 4.34. The molecule has 1 aliphatic carbocycles. The SMILES string of the molecule is CCCCCn1c(=O)c2ccccc2n2c(SCC(=O)NC3CCCc4ccccc43)nnc12. The van der Waals surface area contributed by atoms with Crippen molar-refractivity contribution in [2.75, 3.05) is 5.75 Å². The molecule has 1 atom stereocenters.